The molecular formula is C24H22O2. The first-order chi connectivity index (χ1) is 12.8. The molecule has 2 aromatic carbocycles. The van der Waals surface area contributed by atoms with Crippen LogP contribution < -0.4 is 4.74 Å². The maximum atomic E-state index is 6.76. The average molecular weight is 342 g/mol. The monoisotopic (exact) mass is 342 g/mol. The summed E-state index contributed by atoms with van der Waals surface area (Å²) in [5.41, 5.74) is 6.23. The third-order valence-electron chi connectivity index (χ3n) is 8.14. The maximum Gasteiger partial charge on any atom is 0.118 e. The topological polar surface area (TPSA) is 21.8 Å². The zero-order valence-corrected chi connectivity index (χ0v) is 14.9. The third kappa shape index (κ3) is 1.27. The number of ether oxygens (including phenoxy) is 2. The Balaban J connectivity index is 1.42. The van der Waals surface area contributed by atoms with E-state index in [1.165, 1.54) is 36.0 Å². The third-order valence-corrected chi connectivity index (χ3v) is 8.14. The van der Waals surface area contributed by atoms with Gasteiger partial charge in [-0.15, -0.1) is 0 Å². The molecule has 1 saturated heterocycles. The molecule has 0 N–H and O–H groups in total. The van der Waals surface area contributed by atoms with Gasteiger partial charge in [-0.2, -0.15) is 0 Å². The van der Waals surface area contributed by atoms with E-state index in [4.69, 9.17) is 9.47 Å². The van der Waals surface area contributed by atoms with Crippen LogP contribution in [0.4, 0.5) is 0 Å². The summed E-state index contributed by atoms with van der Waals surface area (Å²) >= 11 is 0. The molecule has 0 aromatic heterocycles. The Morgan fingerprint density at radius 2 is 1.54 bits per heavy atom. The largest absolute Gasteiger partial charge is 0.497 e. The fourth-order valence-electron chi connectivity index (χ4n) is 7.44. The number of hydrogen-bond acceptors (Lipinski definition) is 2. The van der Waals surface area contributed by atoms with Crippen molar-refractivity contribution in [3.05, 3.63) is 70.8 Å². The van der Waals surface area contributed by atoms with Crippen molar-refractivity contribution >= 4 is 6.08 Å². The van der Waals surface area contributed by atoms with Crippen LogP contribution in [0, 0.1) is 11.8 Å². The van der Waals surface area contributed by atoms with Gasteiger partial charge in [-0.25, -0.2) is 0 Å². The lowest BCUT2D eigenvalue weighted by atomic mass is 9.69. The lowest BCUT2D eigenvalue weighted by Gasteiger charge is -2.29. The van der Waals surface area contributed by atoms with Crippen LogP contribution in [0.15, 0.2) is 54.1 Å². The number of benzene rings is 2. The molecular weight excluding hydrogens is 320 g/mol. The molecule has 1 aliphatic heterocycles. The van der Waals surface area contributed by atoms with Gasteiger partial charge in [-0.3, -0.25) is 0 Å². The predicted octanol–water partition coefficient (Wildman–Crippen LogP) is 4.91. The summed E-state index contributed by atoms with van der Waals surface area (Å²) in [7, 11) is 1.72. The van der Waals surface area contributed by atoms with Gasteiger partial charge in [0, 0.05) is 11.8 Å². The van der Waals surface area contributed by atoms with E-state index in [2.05, 4.69) is 54.6 Å². The number of methoxy groups -OCH3 is 1. The second-order valence-electron chi connectivity index (χ2n) is 8.81. The Kier molecular flexibility index (Phi) is 2.30. The normalized spacial score (nSPS) is 42.4. The van der Waals surface area contributed by atoms with Crippen molar-refractivity contribution < 1.29 is 9.47 Å². The highest BCUT2D eigenvalue weighted by atomic mass is 16.6. The van der Waals surface area contributed by atoms with E-state index in [1.807, 2.05) is 0 Å². The summed E-state index contributed by atoms with van der Waals surface area (Å²) in [6, 6.07) is 17.6. The van der Waals surface area contributed by atoms with Crippen LogP contribution in [0.5, 0.6) is 5.75 Å². The summed E-state index contributed by atoms with van der Waals surface area (Å²) in [5, 5.41) is 0. The van der Waals surface area contributed by atoms with E-state index in [-0.39, 0.29) is 11.2 Å². The lowest BCUT2D eigenvalue weighted by molar-refractivity contribution is 0.134. The zero-order valence-electron chi connectivity index (χ0n) is 14.9. The fourth-order valence-corrected chi connectivity index (χ4v) is 7.44. The molecule has 2 heteroatoms. The molecule has 3 saturated carbocycles. The predicted molar refractivity (Wildman–Crippen MR) is 100 cm³/mol. The molecule has 26 heavy (non-hydrogen) atoms. The minimum absolute atomic E-state index is 0.132. The highest BCUT2D eigenvalue weighted by Gasteiger charge is 2.92. The Bertz CT molecular complexity index is 923. The number of rotatable bonds is 2. The van der Waals surface area contributed by atoms with Crippen molar-refractivity contribution in [2.24, 2.45) is 11.8 Å². The second kappa shape index (κ2) is 4.26. The number of hydrogen-bond donors (Lipinski definition) is 0. The molecule has 130 valence electrons. The van der Waals surface area contributed by atoms with Crippen molar-refractivity contribution in [1.29, 1.82) is 0 Å². The molecule has 0 spiro atoms. The van der Waals surface area contributed by atoms with Gasteiger partial charge in [-0.1, -0.05) is 42.5 Å². The first-order valence-corrected chi connectivity index (χ1v) is 9.94. The Hall–Kier alpha value is -2.06. The van der Waals surface area contributed by atoms with Gasteiger partial charge in [0.05, 0.1) is 7.11 Å². The Morgan fingerprint density at radius 3 is 2.12 bits per heavy atom. The molecule has 4 fully saturated rings. The maximum absolute atomic E-state index is 6.76. The standard InChI is InChI=1S/C24H22O2/c1-25-17-10-6-14(7-11-17)12-20-21-18-4-2-3-5-19(18)22(20)24-16-9-8-15(13-16)23(21,24)26-24/h2-7,10-12,15-16,21-22H,8-9,13H2,1H3/t15-,16-,21+,22+,23+,24+/m0/s1. The SMILES string of the molecule is COc1ccc(C=C2[C@H]3c4ccccc4[C@H]2[C@@]24O[C@]32[C@H]2CC[C@H]4C2)cc1. The van der Waals surface area contributed by atoms with Gasteiger partial charge >= 0.3 is 0 Å². The molecule has 0 unspecified atom stereocenters. The highest BCUT2D eigenvalue weighted by Crippen LogP contribution is 2.88. The summed E-state index contributed by atoms with van der Waals surface area (Å²) in [4.78, 5) is 0. The Morgan fingerprint density at radius 1 is 0.923 bits per heavy atom. The summed E-state index contributed by atoms with van der Waals surface area (Å²) in [6.07, 6.45) is 6.59. The molecule has 2 nitrogen and oxygen atoms in total. The summed E-state index contributed by atoms with van der Waals surface area (Å²) in [6.45, 7) is 0. The molecule has 6 atom stereocenters. The van der Waals surface area contributed by atoms with Gasteiger partial charge in [0.15, 0.2) is 0 Å². The van der Waals surface area contributed by atoms with Crippen molar-refractivity contribution in [3.8, 4) is 5.75 Å². The van der Waals surface area contributed by atoms with E-state index in [0.29, 0.717) is 11.8 Å². The first-order valence-electron chi connectivity index (χ1n) is 9.94. The van der Waals surface area contributed by atoms with Crippen molar-refractivity contribution in [2.45, 2.75) is 42.3 Å². The number of epoxide rings is 1. The van der Waals surface area contributed by atoms with Gasteiger partial charge in [-0.05, 0) is 65.5 Å². The molecule has 4 aliphatic carbocycles. The zero-order chi connectivity index (χ0) is 17.1. The van der Waals surface area contributed by atoms with E-state index in [1.54, 1.807) is 12.7 Å². The number of fused-ring (bicyclic) bond motifs is 7. The molecule has 0 amide bonds. The average Bonchev–Trinajstić information content (AvgIpc) is 2.98. The highest BCUT2D eigenvalue weighted by molar-refractivity contribution is 5.74. The van der Waals surface area contributed by atoms with Gasteiger partial charge in [0.1, 0.15) is 17.0 Å². The molecule has 7 rings (SSSR count). The van der Waals surface area contributed by atoms with Crippen LogP contribution >= 0.6 is 0 Å². The quantitative estimate of drug-likeness (QED) is 0.723. The summed E-state index contributed by atoms with van der Waals surface area (Å²) in [5.74, 6) is 3.41. The van der Waals surface area contributed by atoms with Crippen LogP contribution in [-0.2, 0) is 4.74 Å². The second-order valence-corrected chi connectivity index (χ2v) is 8.81. The van der Waals surface area contributed by atoms with Crippen molar-refractivity contribution in [2.75, 3.05) is 7.11 Å². The molecule has 5 aliphatic rings. The van der Waals surface area contributed by atoms with Crippen molar-refractivity contribution in [1.82, 2.24) is 0 Å². The van der Waals surface area contributed by atoms with E-state index in [9.17, 15) is 0 Å². The minimum atomic E-state index is 0.132. The molecule has 0 radical (unpaired) electrons. The summed E-state index contributed by atoms with van der Waals surface area (Å²) < 4.78 is 12.1. The molecule has 2 aromatic rings. The van der Waals surface area contributed by atoms with Crippen LogP contribution in [0.3, 0.4) is 0 Å². The first kappa shape index (κ1) is 14.1. The molecule has 4 bridgehead atoms. The van der Waals surface area contributed by atoms with Gasteiger partial charge in [0.25, 0.3) is 0 Å². The van der Waals surface area contributed by atoms with Gasteiger partial charge < -0.3 is 9.47 Å². The fraction of sp³-hybridized carbons (Fsp3) is 0.417. The Labute approximate surface area is 153 Å². The van der Waals surface area contributed by atoms with E-state index in [0.717, 1.165) is 17.6 Å². The van der Waals surface area contributed by atoms with Crippen LogP contribution in [-0.4, -0.2) is 18.3 Å². The smallest absolute Gasteiger partial charge is 0.118 e. The van der Waals surface area contributed by atoms with Crippen LogP contribution in [0.1, 0.15) is 47.8 Å². The van der Waals surface area contributed by atoms with Crippen LogP contribution in [0.25, 0.3) is 6.08 Å². The molecule has 1 heterocycles. The van der Waals surface area contributed by atoms with E-state index >= 15 is 0 Å². The van der Waals surface area contributed by atoms with E-state index < -0.39 is 0 Å². The minimum Gasteiger partial charge on any atom is -0.497 e. The van der Waals surface area contributed by atoms with Crippen molar-refractivity contribution in [3.63, 3.8) is 0 Å². The van der Waals surface area contributed by atoms with Crippen LogP contribution in [0.2, 0.25) is 0 Å². The lowest BCUT2D eigenvalue weighted by Crippen LogP contribution is -2.36. The van der Waals surface area contributed by atoms with Gasteiger partial charge in [0.2, 0.25) is 0 Å².